The fourth-order valence-electron chi connectivity index (χ4n) is 4.38. The van der Waals surface area contributed by atoms with E-state index >= 15 is 0 Å². The molecule has 4 heteroatoms. The predicted molar refractivity (Wildman–Crippen MR) is 97.6 cm³/mol. The number of carbonyl (C=O) groups excluding carboxylic acids is 2. The van der Waals surface area contributed by atoms with Crippen molar-refractivity contribution in [3.63, 3.8) is 0 Å². The summed E-state index contributed by atoms with van der Waals surface area (Å²) in [4.78, 5) is 26.7. The van der Waals surface area contributed by atoms with Crippen molar-refractivity contribution >= 4 is 11.8 Å². The van der Waals surface area contributed by atoms with E-state index in [1.54, 1.807) is 12.1 Å². The number of fused-ring (bicyclic) bond motifs is 1. The summed E-state index contributed by atoms with van der Waals surface area (Å²) < 4.78 is 6.04. The molecule has 1 fully saturated rings. The zero-order chi connectivity index (χ0) is 18.2. The highest BCUT2D eigenvalue weighted by Crippen LogP contribution is 2.48. The normalized spacial score (nSPS) is 29.4. The Morgan fingerprint density at radius 3 is 2.28 bits per heavy atom. The van der Waals surface area contributed by atoms with Crippen molar-refractivity contribution in [1.82, 2.24) is 4.90 Å². The summed E-state index contributed by atoms with van der Waals surface area (Å²) in [6.45, 7) is 10.1. The largest absolute Gasteiger partial charge is 0.375 e. The van der Waals surface area contributed by atoms with Crippen molar-refractivity contribution in [2.75, 3.05) is 13.2 Å². The van der Waals surface area contributed by atoms with Gasteiger partial charge in [-0.3, -0.25) is 14.5 Å². The first-order valence-corrected chi connectivity index (χ1v) is 9.41. The molecule has 1 aromatic carbocycles. The average molecular weight is 343 g/mol. The highest BCUT2D eigenvalue weighted by molar-refractivity contribution is 6.21. The summed E-state index contributed by atoms with van der Waals surface area (Å²) in [7, 11) is 0. The van der Waals surface area contributed by atoms with Gasteiger partial charge in [0.05, 0.1) is 16.7 Å². The molecule has 136 valence electrons. The zero-order valence-corrected chi connectivity index (χ0v) is 15.8. The molecule has 1 saturated heterocycles. The lowest BCUT2D eigenvalue weighted by Crippen LogP contribution is -2.47. The van der Waals surface area contributed by atoms with Gasteiger partial charge in [0.25, 0.3) is 11.8 Å². The lowest BCUT2D eigenvalue weighted by Gasteiger charge is -2.49. The minimum absolute atomic E-state index is 0.107. The number of benzene rings is 1. The van der Waals surface area contributed by atoms with Gasteiger partial charge >= 0.3 is 0 Å². The van der Waals surface area contributed by atoms with Gasteiger partial charge in [0.2, 0.25) is 0 Å². The Morgan fingerprint density at radius 1 is 1.16 bits per heavy atom. The van der Waals surface area contributed by atoms with Gasteiger partial charge in [-0.15, -0.1) is 0 Å². The average Bonchev–Trinajstić information content (AvgIpc) is 2.84. The first-order valence-electron chi connectivity index (χ1n) is 9.41. The molecule has 25 heavy (non-hydrogen) atoms. The second kappa shape index (κ2) is 6.56. The maximum Gasteiger partial charge on any atom is 0.261 e. The molecule has 1 aromatic rings. The van der Waals surface area contributed by atoms with Gasteiger partial charge in [0.1, 0.15) is 0 Å². The third-order valence-corrected chi connectivity index (χ3v) is 6.46. The Labute approximate surface area is 150 Å². The first-order chi connectivity index (χ1) is 11.8. The molecule has 2 heterocycles. The van der Waals surface area contributed by atoms with Crippen LogP contribution in [0.1, 0.15) is 74.1 Å². The fourth-order valence-corrected chi connectivity index (χ4v) is 4.38. The number of ether oxygens (including phenoxy) is 1. The van der Waals surface area contributed by atoms with Crippen LogP contribution >= 0.6 is 0 Å². The van der Waals surface area contributed by atoms with Gasteiger partial charge in [0.15, 0.2) is 0 Å². The van der Waals surface area contributed by atoms with E-state index in [1.165, 1.54) is 4.90 Å². The van der Waals surface area contributed by atoms with Gasteiger partial charge in [-0.05, 0) is 56.1 Å². The van der Waals surface area contributed by atoms with Crippen LogP contribution < -0.4 is 0 Å². The predicted octanol–water partition coefficient (Wildman–Crippen LogP) is 4.29. The molecule has 0 unspecified atom stereocenters. The van der Waals surface area contributed by atoms with E-state index in [9.17, 15) is 9.59 Å². The monoisotopic (exact) mass is 343 g/mol. The number of rotatable bonds is 5. The molecule has 2 amide bonds. The molecular weight excluding hydrogens is 314 g/mol. The molecule has 0 saturated carbocycles. The second-order valence-corrected chi connectivity index (χ2v) is 8.15. The van der Waals surface area contributed by atoms with Crippen molar-refractivity contribution in [3.05, 3.63) is 35.4 Å². The van der Waals surface area contributed by atoms with Crippen LogP contribution in [-0.2, 0) is 4.74 Å². The highest BCUT2D eigenvalue weighted by atomic mass is 16.5. The Kier molecular flexibility index (Phi) is 4.76. The van der Waals surface area contributed by atoms with E-state index in [2.05, 4.69) is 27.7 Å². The smallest absolute Gasteiger partial charge is 0.261 e. The van der Waals surface area contributed by atoms with E-state index in [-0.39, 0.29) is 22.8 Å². The maximum atomic E-state index is 12.6. The molecule has 0 N–H and O–H groups in total. The Bertz CT molecular complexity index is 648. The minimum Gasteiger partial charge on any atom is -0.375 e. The number of imide groups is 1. The van der Waals surface area contributed by atoms with Crippen LogP contribution in [0.4, 0.5) is 0 Å². The van der Waals surface area contributed by atoms with Crippen LogP contribution in [0.15, 0.2) is 24.3 Å². The van der Waals surface area contributed by atoms with E-state index in [4.69, 9.17) is 4.74 Å². The first kappa shape index (κ1) is 18.1. The van der Waals surface area contributed by atoms with Crippen molar-refractivity contribution in [1.29, 1.82) is 0 Å². The third kappa shape index (κ3) is 3.12. The molecule has 0 radical (unpaired) electrons. The number of nitrogens with zero attached hydrogens (tertiary/aromatic N) is 1. The molecule has 2 aliphatic heterocycles. The number of hydrogen-bond donors (Lipinski definition) is 0. The van der Waals surface area contributed by atoms with Crippen LogP contribution in [0.5, 0.6) is 0 Å². The van der Waals surface area contributed by atoms with E-state index in [0.717, 1.165) is 32.3 Å². The summed E-state index contributed by atoms with van der Waals surface area (Å²) in [5.74, 6) is 0.187. The van der Waals surface area contributed by atoms with Crippen LogP contribution in [0.2, 0.25) is 0 Å². The number of amides is 2. The summed E-state index contributed by atoms with van der Waals surface area (Å²) in [6, 6.07) is 7.12. The van der Waals surface area contributed by atoms with Crippen LogP contribution in [0.3, 0.4) is 0 Å². The SMILES string of the molecule is CC[C@]1(C)C[C@](CCN2C(=O)c3ccccc3C2=O)(C(C)C)CCO1. The number of hydrogen-bond acceptors (Lipinski definition) is 3. The molecule has 0 aromatic heterocycles. The summed E-state index contributed by atoms with van der Waals surface area (Å²) >= 11 is 0. The van der Waals surface area contributed by atoms with Crippen molar-refractivity contribution in [2.24, 2.45) is 11.3 Å². The molecule has 2 aliphatic rings. The van der Waals surface area contributed by atoms with Crippen LogP contribution in [-0.4, -0.2) is 35.5 Å². The van der Waals surface area contributed by atoms with Gasteiger partial charge < -0.3 is 4.74 Å². The maximum absolute atomic E-state index is 12.6. The van der Waals surface area contributed by atoms with Crippen LogP contribution in [0, 0.1) is 11.3 Å². The molecule has 4 nitrogen and oxygen atoms in total. The molecule has 0 bridgehead atoms. The Hall–Kier alpha value is -1.68. The zero-order valence-electron chi connectivity index (χ0n) is 15.8. The lowest BCUT2D eigenvalue weighted by molar-refractivity contribution is -0.133. The standard InChI is InChI=1S/C21H29NO3/c1-5-20(4)14-21(15(2)3,11-13-25-20)10-12-22-18(23)16-8-6-7-9-17(16)19(22)24/h6-9,15H,5,10-14H2,1-4H3/t20-,21-/m1/s1. The highest BCUT2D eigenvalue weighted by Gasteiger charge is 2.45. The summed E-state index contributed by atoms with van der Waals surface area (Å²) in [5.41, 5.74) is 1.08. The topological polar surface area (TPSA) is 46.6 Å². The van der Waals surface area contributed by atoms with Gasteiger partial charge in [-0.2, -0.15) is 0 Å². The van der Waals surface area contributed by atoms with Crippen molar-refractivity contribution < 1.29 is 14.3 Å². The van der Waals surface area contributed by atoms with E-state index in [1.807, 2.05) is 12.1 Å². The molecule has 0 aliphatic carbocycles. The Balaban J connectivity index is 1.77. The minimum atomic E-state index is -0.148. The molecule has 0 spiro atoms. The fraction of sp³-hybridized carbons (Fsp3) is 0.619. The molecule has 2 atom stereocenters. The van der Waals surface area contributed by atoms with Gasteiger partial charge in [-0.1, -0.05) is 32.9 Å². The lowest BCUT2D eigenvalue weighted by atomic mass is 9.64. The molecular formula is C21H29NO3. The van der Waals surface area contributed by atoms with Crippen molar-refractivity contribution in [3.8, 4) is 0 Å². The quantitative estimate of drug-likeness (QED) is 0.749. The van der Waals surface area contributed by atoms with Crippen LogP contribution in [0.25, 0.3) is 0 Å². The summed E-state index contributed by atoms with van der Waals surface area (Å²) in [5, 5.41) is 0. The molecule has 3 rings (SSSR count). The third-order valence-electron chi connectivity index (χ3n) is 6.46. The number of carbonyl (C=O) groups is 2. The Morgan fingerprint density at radius 2 is 1.76 bits per heavy atom. The summed E-state index contributed by atoms with van der Waals surface area (Å²) in [6.07, 6.45) is 3.80. The van der Waals surface area contributed by atoms with E-state index < -0.39 is 0 Å². The van der Waals surface area contributed by atoms with E-state index in [0.29, 0.717) is 23.6 Å². The van der Waals surface area contributed by atoms with Gasteiger partial charge in [-0.25, -0.2) is 0 Å². The second-order valence-electron chi connectivity index (χ2n) is 8.15. The van der Waals surface area contributed by atoms with Gasteiger partial charge in [0, 0.05) is 13.2 Å². The van der Waals surface area contributed by atoms with Crippen molar-refractivity contribution in [2.45, 2.75) is 59.0 Å².